The molecule has 0 unspecified atom stereocenters. The Morgan fingerprint density at radius 2 is 1.05 bits per heavy atom. The van der Waals surface area contributed by atoms with E-state index in [1.807, 2.05) is 0 Å². The molecule has 0 aliphatic carbocycles. The molecule has 0 radical (unpaired) electrons. The predicted molar refractivity (Wildman–Crippen MR) is 94.6 cm³/mol. The van der Waals surface area contributed by atoms with E-state index >= 15 is 0 Å². The highest BCUT2D eigenvalue weighted by Crippen LogP contribution is 2.37. The van der Waals surface area contributed by atoms with Gasteiger partial charge in [-0.05, 0) is 115 Å². The highest BCUT2D eigenvalue weighted by atomic mass is 14.2. The van der Waals surface area contributed by atoms with E-state index in [-0.39, 0.29) is 0 Å². The van der Waals surface area contributed by atoms with Crippen LogP contribution in [0.1, 0.15) is 38.9 Å². The van der Waals surface area contributed by atoms with Crippen LogP contribution < -0.4 is 0 Å². The zero-order valence-corrected chi connectivity index (χ0v) is 14.2. The Labute approximate surface area is 127 Å². The van der Waals surface area contributed by atoms with Gasteiger partial charge in [-0.3, -0.25) is 0 Å². The minimum absolute atomic E-state index is 1.37. The third kappa shape index (κ3) is 1.82. The van der Waals surface area contributed by atoms with Gasteiger partial charge in [0.1, 0.15) is 0 Å². The summed E-state index contributed by atoms with van der Waals surface area (Å²) in [5, 5.41) is 5.73. The van der Waals surface area contributed by atoms with Crippen molar-refractivity contribution in [2.75, 3.05) is 0 Å². The number of fused-ring (bicyclic) bond motifs is 2. The van der Waals surface area contributed by atoms with Crippen LogP contribution in [0.25, 0.3) is 21.5 Å². The van der Waals surface area contributed by atoms with Crippen LogP contribution in [0.4, 0.5) is 0 Å². The molecule has 0 aliphatic heterocycles. The first kappa shape index (κ1) is 14.1. The molecule has 21 heavy (non-hydrogen) atoms. The first-order valence-corrected chi connectivity index (χ1v) is 7.74. The van der Waals surface area contributed by atoms with Gasteiger partial charge in [0.2, 0.25) is 0 Å². The van der Waals surface area contributed by atoms with E-state index in [1.165, 1.54) is 60.5 Å². The van der Waals surface area contributed by atoms with Gasteiger partial charge in [0, 0.05) is 0 Å². The summed E-state index contributed by atoms with van der Waals surface area (Å²) in [6.07, 6.45) is 0. The summed E-state index contributed by atoms with van der Waals surface area (Å²) >= 11 is 0. The summed E-state index contributed by atoms with van der Waals surface area (Å²) in [7, 11) is 0. The Morgan fingerprint density at radius 1 is 0.476 bits per heavy atom. The first-order valence-electron chi connectivity index (χ1n) is 7.74. The highest BCUT2D eigenvalue weighted by Gasteiger charge is 2.14. The van der Waals surface area contributed by atoms with Crippen LogP contribution in [-0.2, 0) is 0 Å². The maximum Gasteiger partial charge on any atom is -0.0113 e. The Kier molecular flexibility index (Phi) is 3.09. The average molecular weight is 276 g/mol. The highest BCUT2D eigenvalue weighted by molar-refractivity contribution is 6.07. The summed E-state index contributed by atoms with van der Waals surface area (Å²) in [5.74, 6) is 0. The summed E-state index contributed by atoms with van der Waals surface area (Å²) in [4.78, 5) is 0. The largest absolute Gasteiger partial charge is 0.0584 e. The number of rotatable bonds is 0. The van der Waals surface area contributed by atoms with Crippen LogP contribution in [0, 0.1) is 48.5 Å². The topological polar surface area (TPSA) is 0 Å². The van der Waals surface area contributed by atoms with E-state index in [4.69, 9.17) is 0 Å². The van der Waals surface area contributed by atoms with E-state index in [0.29, 0.717) is 0 Å². The van der Waals surface area contributed by atoms with Crippen LogP contribution in [0.5, 0.6) is 0 Å². The van der Waals surface area contributed by atoms with Crippen molar-refractivity contribution in [1.82, 2.24) is 0 Å². The first-order chi connectivity index (χ1) is 9.84. The molecule has 0 N–H and O–H groups in total. The molecule has 0 atom stereocenters. The van der Waals surface area contributed by atoms with Crippen LogP contribution in [0.2, 0.25) is 0 Å². The summed E-state index contributed by atoms with van der Waals surface area (Å²) in [6.45, 7) is 15.8. The molecule has 0 saturated heterocycles. The zero-order chi connectivity index (χ0) is 15.5. The lowest BCUT2D eigenvalue weighted by atomic mass is 9.85. The van der Waals surface area contributed by atoms with E-state index in [2.05, 4.69) is 66.7 Å². The molecule has 0 bridgehead atoms. The Morgan fingerprint density at radius 3 is 1.71 bits per heavy atom. The molecule has 0 spiro atoms. The average Bonchev–Trinajstić information content (AvgIpc) is 2.46. The Bertz CT molecular complexity index is 896. The van der Waals surface area contributed by atoms with Gasteiger partial charge in [0.25, 0.3) is 0 Å². The van der Waals surface area contributed by atoms with Crippen LogP contribution in [-0.4, -0.2) is 0 Å². The van der Waals surface area contributed by atoms with Gasteiger partial charge >= 0.3 is 0 Å². The Balaban J connectivity index is 2.71. The molecule has 0 aliphatic rings. The van der Waals surface area contributed by atoms with Gasteiger partial charge in [0.15, 0.2) is 0 Å². The molecule has 0 heterocycles. The third-order valence-corrected chi connectivity index (χ3v) is 5.45. The van der Waals surface area contributed by atoms with Gasteiger partial charge in [-0.1, -0.05) is 12.1 Å². The summed E-state index contributed by atoms with van der Waals surface area (Å²) < 4.78 is 0. The van der Waals surface area contributed by atoms with Gasteiger partial charge in [0.05, 0.1) is 0 Å². The van der Waals surface area contributed by atoms with Gasteiger partial charge in [-0.25, -0.2) is 0 Å². The van der Waals surface area contributed by atoms with Crippen molar-refractivity contribution in [3.05, 3.63) is 57.1 Å². The zero-order valence-electron chi connectivity index (χ0n) is 14.2. The number of aryl methyl sites for hydroxylation is 5. The molecule has 3 aromatic carbocycles. The summed E-state index contributed by atoms with van der Waals surface area (Å²) in [5.41, 5.74) is 9.93. The second-order valence-electron chi connectivity index (χ2n) is 6.55. The SMILES string of the molecule is Cc1c(C)c(C)c2c(C)c3c(C)ccc(C)c3cc2c1C. The molecule has 3 aromatic rings. The number of benzene rings is 3. The van der Waals surface area contributed by atoms with Gasteiger partial charge in [-0.2, -0.15) is 0 Å². The molecule has 0 nitrogen and oxygen atoms in total. The Hall–Kier alpha value is -1.82. The normalized spacial score (nSPS) is 11.6. The van der Waals surface area contributed by atoms with Crippen LogP contribution >= 0.6 is 0 Å². The standard InChI is InChI=1S/C21H24/c1-11-8-9-12(2)20-17(7)21-16(6)14(4)13(3)15(5)19(21)10-18(11)20/h8-10H,1-7H3. The fourth-order valence-corrected chi connectivity index (χ4v) is 3.79. The minimum atomic E-state index is 1.37. The molecule has 108 valence electrons. The second-order valence-corrected chi connectivity index (χ2v) is 6.55. The molecular formula is C21H24. The van der Waals surface area contributed by atoms with Crippen molar-refractivity contribution in [2.24, 2.45) is 0 Å². The number of hydrogen-bond acceptors (Lipinski definition) is 0. The molecule has 0 saturated carbocycles. The van der Waals surface area contributed by atoms with E-state index in [1.54, 1.807) is 0 Å². The maximum absolute atomic E-state index is 2.41. The van der Waals surface area contributed by atoms with Crippen molar-refractivity contribution in [3.63, 3.8) is 0 Å². The van der Waals surface area contributed by atoms with E-state index < -0.39 is 0 Å². The van der Waals surface area contributed by atoms with Crippen LogP contribution in [0.15, 0.2) is 18.2 Å². The molecule has 3 rings (SSSR count). The van der Waals surface area contributed by atoms with Gasteiger partial charge in [-0.15, -0.1) is 0 Å². The monoisotopic (exact) mass is 276 g/mol. The lowest BCUT2D eigenvalue weighted by molar-refractivity contribution is 1.25. The molecular weight excluding hydrogens is 252 g/mol. The van der Waals surface area contributed by atoms with E-state index in [9.17, 15) is 0 Å². The maximum atomic E-state index is 2.41. The lowest BCUT2D eigenvalue weighted by Gasteiger charge is -2.19. The smallest absolute Gasteiger partial charge is 0.0113 e. The number of hydrogen-bond donors (Lipinski definition) is 0. The molecule has 0 fully saturated rings. The lowest BCUT2D eigenvalue weighted by Crippen LogP contribution is -1.98. The molecule has 0 heteroatoms. The van der Waals surface area contributed by atoms with Crippen molar-refractivity contribution in [2.45, 2.75) is 48.5 Å². The molecule has 0 aromatic heterocycles. The minimum Gasteiger partial charge on any atom is -0.0584 e. The fraction of sp³-hybridized carbons (Fsp3) is 0.333. The summed E-state index contributed by atoms with van der Waals surface area (Å²) in [6, 6.07) is 6.90. The second kappa shape index (κ2) is 4.59. The van der Waals surface area contributed by atoms with Crippen molar-refractivity contribution < 1.29 is 0 Å². The third-order valence-electron chi connectivity index (χ3n) is 5.45. The molecule has 0 amide bonds. The van der Waals surface area contributed by atoms with Crippen LogP contribution in [0.3, 0.4) is 0 Å². The van der Waals surface area contributed by atoms with E-state index in [0.717, 1.165) is 0 Å². The van der Waals surface area contributed by atoms with Gasteiger partial charge < -0.3 is 0 Å². The quantitative estimate of drug-likeness (QED) is 0.432. The fourth-order valence-electron chi connectivity index (χ4n) is 3.79. The van der Waals surface area contributed by atoms with Crippen molar-refractivity contribution in [3.8, 4) is 0 Å². The van der Waals surface area contributed by atoms with Crippen molar-refractivity contribution >= 4 is 21.5 Å². The predicted octanol–water partition coefficient (Wildman–Crippen LogP) is 6.15. The van der Waals surface area contributed by atoms with Crippen molar-refractivity contribution in [1.29, 1.82) is 0 Å².